The van der Waals surface area contributed by atoms with Crippen molar-refractivity contribution in [3.8, 4) is 5.75 Å². The molecule has 5 nitrogen and oxygen atoms in total. The summed E-state index contributed by atoms with van der Waals surface area (Å²) in [6.45, 7) is 3.98. The largest absolute Gasteiger partial charge is 0.452 e. The van der Waals surface area contributed by atoms with Gasteiger partial charge in [-0.2, -0.15) is 0 Å². The summed E-state index contributed by atoms with van der Waals surface area (Å²) in [6.07, 6.45) is 0. The zero-order valence-corrected chi connectivity index (χ0v) is 16.2. The molecule has 138 valence electrons. The van der Waals surface area contributed by atoms with E-state index >= 15 is 0 Å². The van der Waals surface area contributed by atoms with Crippen molar-refractivity contribution in [3.05, 3.63) is 69.6 Å². The van der Waals surface area contributed by atoms with Crippen LogP contribution in [0.15, 0.2) is 59.0 Å². The van der Waals surface area contributed by atoms with Crippen LogP contribution in [0.4, 0.5) is 5.69 Å². The highest BCUT2D eigenvalue weighted by molar-refractivity contribution is 6.30. The molecule has 0 bridgehead atoms. The topological polar surface area (TPSA) is 31.3 Å². The Morgan fingerprint density at radius 2 is 1.78 bits per heavy atom. The van der Waals surface area contributed by atoms with Gasteiger partial charge in [0.05, 0.1) is 11.0 Å². The fraction of sp³-hybridized carbons (Fsp3) is 0.286. The first kappa shape index (κ1) is 16.7. The number of anilines is 1. The SMILES string of the molecule is CN1CCN(C2=C3N=c4cc(Cl)ccc4=C3Oc3ccccc3N2C)CC1. The van der Waals surface area contributed by atoms with Crippen molar-refractivity contribution in [2.24, 2.45) is 4.99 Å². The molecule has 0 N–H and O–H groups in total. The molecule has 0 unspecified atom stereocenters. The first-order valence-electron chi connectivity index (χ1n) is 9.19. The van der Waals surface area contributed by atoms with Crippen LogP contribution >= 0.6 is 11.6 Å². The van der Waals surface area contributed by atoms with Crippen molar-refractivity contribution in [1.29, 1.82) is 0 Å². The Morgan fingerprint density at radius 3 is 2.59 bits per heavy atom. The van der Waals surface area contributed by atoms with Gasteiger partial charge in [-0.15, -0.1) is 0 Å². The van der Waals surface area contributed by atoms with Gasteiger partial charge in [-0.25, -0.2) is 4.99 Å². The number of fused-ring (bicyclic) bond motifs is 3. The molecule has 1 fully saturated rings. The van der Waals surface area contributed by atoms with E-state index in [0.29, 0.717) is 5.02 Å². The number of piperazine rings is 1. The van der Waals surface area contributed by atoms with Crippen LogP contribution in [-0.4, -0.2) is 50.1 Å². The van der Waals surface area contributed by atoms with E-state index in [2.05, 4.69) is 34.9 Å². The van der Waals surface area contributed by atoms with Gasteiger partial charge in [-0.3, -0.25) is 0 Å². The Labute approximate surface area is 163 Å². The molecule has 0 atom stereocenters. The van der Waals surface area contributed by atoms with E-state index in [9.17, 15) is 0 Å². The normalized spacial score (nSPS) is 19.1. The van der Waals surface area contributed by atoms with E-state index < -0.39 is 0 Å². The first-order chi connectivity index (χ1) is 13.1. The van der Waals surface area contributed by atoms with Crippen LogP contribution in [0.3, 0.4) is 0 Å². The van der Waals surface area contributed by atoms with Gasteiger partial charge in [0.1, 0.15) is 11.5 Å². The summed E-state index contributed by atoms with van der Waals surface area (Å²) in [5.41, 5.74) is 1.93. The standard InChI is InChI=1S/C21H21ClN4O/c1-24-9-11-26(12-10-24)21-19-20(15-8-7-14(22)13-16(15)23-19)27-18-6-4-3-5-17(18)25(21)2/h3-8,13H,9-12H2,1-2H3. The number of hydrogen-bond donors (Lipinski definition) is 0. The maximum Gasteiger partial charge on any atom is 0.166 e. The molecule has 27 heavy (non-hydrogen) atoms. The van der Waals surface area contributed by atoms with Crippen LogP contribution in [-0.2, 0) is 0 Å². The van der Waals surface area contributed by atoms with Crippen LogP contribution in [0.5, 0.6) is 5.75 Å². The second-order valence-corrected chi connectivity index (χ2v) is 7.63. The Kier molecular flexibility index (Phi) is 3.88. The molecule has 3 aliphatic rings. The van der Waals surface area contributed by atoms with Crippen molar-refractivity contribution in [3.63, 3.8) is 0 Å². The molecule has 0 aliphatic carbocycles. The van der Waals surface area contributed by atoms with Crippen molar-refractivity contribution in [2.45, 2.75) is 0 Å². The van der Waals surface area contributed by atoms with Crippen LogP contribution in [0, 0.1) is 0 Å². The molecule has 3 heterocycles. The van der Waals surface area contributed by atoms with E-state index in [0.717, 1.165) is 65.5 Å². The van der Waals surface area contributed by atoms with Gasteiger partial charge in [0.25, 0.3) is 0 Å². The minimum absolute atomic E-state index is 0.685. The lowest BCUT2D eigenvalue weighted by Crippen LogP contribution is -2.47. The minimum Gasteiger partial charge on any atom is -0.452 e. The molecule has 6 heteroatoms. The predicted molar refractivity (Wildman–Crippen MR) is 107 cm³/mol. The molecule has 2 aromatic carbocycles. The summed E-state index contributed by atoms with van der Waals surface area (Å²) < 4.78 is 6.40. The lowest BCUT2D eigenvalue weighted by atomic mass is 10.2. The van der Waals surface area contributed by atoms with Crippen molar-refractivity contribution >= 4 is 23.0 Å². The molecule has 0 spiro atoms. The van der Waals surface area contributed by atoms with Crippen LogP contribution in [0.1, 0.15) is 0 Å². The second kappa shape index (κ2) is 6.29. The molecule has 2 aromatic rings. The van der Waals surface area contributed by atoms with E-state index in [1.807, 2.05) is 36.4 Å². The van der Waals surface area contributed by atoms with Gasteiger partial charge in [-0.05, 0) is 37.4 Å². The van der Waals surface area contributed by atoms with Crippen molar-refractivity contribution in [1.82, 2.24) is 9.80 Å². The third-order valence-electron chi connectivity index (χ3n) is 5.42. The number of hydrogen-bond acceptors (Lipinski definition) is 5. The van der Waals surface area contributed by atoms with Crippen LogP contribution in [0.25, 0.3) is 5.76 Å². The summed E-state index contributed by atoms with van der Waals surface area (Å²) >= 11 is 6.21. The fourth-order valence-electron chi connectivity index (χ4n) is 3.93. The summed E-state index contributed by atoms with van der Waals surface area (Å²) in [6, 6.07) is 13.9. The molecule has 5 rings (SSSR count). The summed E-state index contributed by atoms with van der Waals surface area (Å²) in [5.74, 6) is 2.75. The quantitative estimate of drug-likeness (QED) is 0.757. The Bertz CT molecular complexity index is 1070. The molecule has 0 amide bonds. The van der Waals surface area contributed by atoms with Gasteiger partial charge in [0, 0.05) is 43.5 Å². The van der Waals surface area contributed by atoms with E-state index in [1.54, 1.807) is 0 Å². The Hall–Kier alpha value is -2.50. The molecule has 3 aliphatic heterocycles. The number of para-hydroxylation sites is 2. The number of rotatable bonds is 1. The zero-order valence-electron chi connectivity index (χ0n) is 15.4. The maximum atomic E-state index is 6.40. The highest BCUT2D eigenvalue weighted by atomic mass is 35.5. The lowest BCUT2D eigenvalue weighted by Gasteiger charge is -2.38. The number of nitrogens with zero attached hydrogens (tertiary/aromatic N) is 4. The molecule has 1 saturated heterocycles. The second-order valence-electron chi connectivity index (χ2n) is 7.19. The van der Waals surface area contributed by atoms with Gasteiger partial charge in [-0.1, -0.05) is 23.7 Å². The van der Waals surface area contributed by atoms with Crippen LogP contribution in [0.2, 0.25) is 5.02 Å². The van der Waals surface area contributed by atoms with Gasteiger partial charge in [0.2, 0.25) is 0 Å². The first-order valence-corrected chi connectivity index (χ1v) is 9.57. The van der Waals surface area contributed by atoms with E-state index in [4.69, 9.17) is 21.3 Å². The fourth-order valence-corrected chi connectivity index (χ4v) is 4.09. The third-order valence-corrected chi connectivity index (χ3v) is 5.66. The molecular weight excluding hydrogens is 360 g/mol. The number of halogens is 1. The molecule has 0 saturated carbocycles. The molecule has 0 aromatic heterocycles. The van der Waals surface area contributed by atoms with E-state index in [1.165, 1.54) is 0 Å². The number of benzene rings is 2. The van der Waals surface area contributed by atoms with E-state index in [-0.39, 0.29) is 0 Å². The van der Waals surface area contributed by atoms with Crippen LogP contribution < -0.4 is 20.2 Å². The molecular formula is C21H21ClN4O. The minimum atomic E-state index is 0.685. The average molecular weight is 381 g/mol. The Morgan fingerprint density at radius 1 is 1.00 bits per heavy atom. The summed E-state index contributed by atoms with van der Waals surface area (Å²) in [7, 11) is 4.26. The number of likely N-dealkylation sites (N-methyl/N-ethyl adjacent to an activating group) is 1. The average Bonchev–Trinajstić information content (AvgIpc) is 2.95. The summed E-state index contributed by atoms with van der Waals surface area (Å²) in [4.78, 5) is 11.9. The monoisotopic (exact) mass is 380 g/mol. The maximum absolute atomic E-state index is 6.40. The van der Waals surface area contributed by atoms with Gasteiger partial charge >= 0.3 is 0 Å². The molecule has 0 radical (unpaired) electrons. The summed E-state index contributed by atoms with van der Waals surface area (Å²) in [5, 5.41) is 2.54. The highest BCUT2D eigenvalue weighted by Gasteiger charge is 2.32. The smallest absolute Gasteiger partial charge is 0.166 e. The Balaban J connectivity index is 1.76. The highest BCUT2D eigenvalue weighted by Crippen LogP contribution is 2.39. The number of ether oxygens (including phenoxy) is 1. The predicted octanol–water partition coefficient (Wildman–Crippen LogP) is 2.03. The third kappa shape index (κ3) is 2.69. The van der Waals surface area contributed by atoms with Crippen molar-refractivity contribution in [2.75, 3.05) is 45.2 Å². The lowest BCUT2D eigenvalue weighted by molar-refractivity contribution is 0.183. The van der Waals surface area contributed by atoms with Gasteiger partial charge in [0.15, 0.2) is 11.5 Å². The van der Waals surface area contributed by atoms with Crippen molar-refractivity contribution < 1.29 is 4.74 Å². The zero-order chi connectivity index (χ0) is 18.5. The van der Waals surface area contributed by atoms with Gasteiger partial charge < -0.3 is 19.4 Å².